The molecule has 0 saturated heterocycles. The number of benzene rings is 1. The van der Waals surface area contributed by atoms with Crippen molar-refractivity contribution in [2.45, 2.75) is 12.8 Å². The number of methoxy groups -OCH3 is 1. The van der Waals surface area contributed by atoms with E-state index in [4.69, 9.17) is 18.9 Å². The average molecular weight is 341 g/mol. The second-order valence-corrected chi connectivity index (χ2v) is 6.09. The summed E-state index contributed by atoms with van der Waals surface area (Å²) in [6, 6.07) is 3.75. The van der Waals surface area contributed by atoms with Crippen LogP contribution >= 0.6 is 0 Å². The van der Waals surface area contributed by atoms with Gasteiger partial charge < -0.3 is 24.3 Å². The van der Waals surface area contributed by atoms with Crippen LogP contribution in [0.3, 0.4) is 0 Å². The van der Waals surface area contributed by atoms with Gasteiger partial charge in [-0.15, -0.1) is 0 Å². The van der Waals surface area contributed by atoms with Gasteiger partial charge in [0, 0.05) is 17.2 Å². The Balaban J connectivity index is 1.75. The number of cyclic esters (lactones) is 1. The molecule has 2 N–H and O–H groups in total. The van der Waals surface area contributed by atoms with Crippen LogP contribution in [0.2, 0.25) is 0 Å². The van der Waals surface area contributed by atoms with Crippen LogP contribution in [0.1, 0.15) is 22.7 Å². The summed E-state index contributed by atoms with van der Waals surface area (Å²) >= 11 is 0. The number of aryl methyl sites for hydroxylation is 1. The lowest BCUT2D eigenvalue weighted by molar-refractivity contribution is -0.136. The molecule has 8 nitrogen and oxygen atoms in total. The number of aromatic amines is 1. The van der Waals surface area contributed by atoms with E-state index in [9.17, 15) is 4.79 Å². The number of aromatic nitrogens is 2. The van der Waals surface area contributed by atoms with Gasteiger partial charge in [0.25, 0.3) is 0 Å². The van der Waals surface area contributed by atoms with Crippen molar-refractivity contribution in [3.05, 3.63) is 40.2 Å². The zero-order valence-corrected chi connectivity index (χ0v) is 13.6. The molecular weight excluding hydrogens is 326 g/mol. The summed E-state index contributed by atoms with van der Waals surface area (Å²) in [6.45, 7) is 2.29. The minimum absolute atomic E-state index is 0.146. The van der Waals surface area contributed by atoms with Crippen LogP contribution in [-0.2, 0) is 9.53 Å². The molecule has 0 amide bonds. The highest BCUT2D eigenvalue weighted by atomic mass is 16.7. The molecule has 1 atom stereocenters. The smallest absolute Gasteiger partial charge is 0.337 e. The highest BCUT2D eigenvalue weighted by molar-refractivity contribution is 5.97. The first-order chi connectivity index (χ1) is 12.2. The van der Waals surface area contributed by atoms with Crippen LogP contribution in [0.4, 0.5) is 5.82 Å². The van der Waals surface area contributed by atoms with E-state index in [1.807, 2.05) is 19.1 Å². The zero-order chi connectivity index (χ0) is 17.1. The van der Waals surface area contributed by atoms with Gasteiger partial charge in [0.2, 0.25) is 12.5 Å². The van der Waals surface area contributed by atoms with Crippen molar-refractivity contribution in [3.63, 3.8) is 0 Å². The Morgan fingerprint density at radius 1 is 1.28 bits per heavy atom. The predicted octanol–water partition coefficient (Wildman–Crippen LogP) is 1.82. The zero-order valence-electron chi connectivity index (χ0n) is 13.6. The molecule has 8 heteroatoms. The van der Waals surface area contributed by atoms with E-state index in [0.717, 1.165) is 22.5 Å². The summed E-state index contributed by atoms with van der Waals surface area (Å²) in [7, 11) is 1.58. The first-order valence-corrected chi connectivity index (χ1v) is 7.87. The van der Waals surface area contributed by atoms with E-state index >= 15 is 0 Å². The number of carbonyl (C=O) groups excluding carboxylic acids is 1. The third kappa shape index (κ3) is 1.87. The lowest BCUT2D eigenvalue weighted by Crippen LogP contribution is -2.20. The van der Waals surface area contributed by atoms with Gasteiger partial charge in [0.15, 0.2) is 17.3 Å². The number of esters is 1. The number of fused-ring (bicyclic) bond motifs is 2. The van der Waals surface area contributed by atoms with Gasteiger partial charge in [-0.2, -0.15) is 5.10 Å². The number of H-pyrrole nitrogens is 1. The number of carbonyl (C=O) groups is 1. The maximum absolute atomic E-state index is 12.4. The number of nitrogens with one attached hydrogen (secondary N) is 2. The molecule has 128 valence electrons. The molecule has 0 unspecified atom stereocenters. The Bertz CT molecular complexity index is 946. The first-order valence-electron chi connectivity index (χ1n) is 7.87. The average Bonchev–Trinajstić information content (AvgIpc) is 3.32. The van der Waals surface area contributed by atoms with E-state index in [-0.39, 0.29) is 25.3 Å². The van der Waals surface area contributed by atoms with Crippen molar-refractivity contribution < 1.29 is 23.7 Å². The minimum Gasteiger partial charge on any atom is -0.493 e. The van der Waals surface area contributed by atoms with E-state index in [1.54, 1.807) is 7.11 Å². The molecule has 1 aromatic heterocycles. The molecule has 0 fully saturated rings. The molecule has 4 heterocycles. The van der Waals surface area contributed by atoms with Gasteiger partial charge in [-0.1, -0.05) is 0 Å². The third-order valence-electron chi connectivity index (χ3n) is 4.75. The monoisotopic (exact) mass is 341 g/mol. The van der Waals surface area contributed by atoms with Crippen molar-refractivity contribution in [3.8, 4) is 17.2 Å². The first kappa shape index (κ1) is 14.2. The van der Waals surface area contributed by atoms with Crippen LogP contribution in [0.25, 0.3) is 0 Å². The number of hydrogen-bond donors (Lipinski definition) is 2. The molecule has 25 heavy (non-hydrogen) atoms. The van der Waals surface area contributed by atoms with Crippen molar-refractivity contribution in [1.82, 2.24) is 10.2 Å². The Hall–Kier alpha value is -3.16. The maximum Gasteiger partial charge on any atom is 0.337 e. The molecule has 3 aliphatic rings. The van der Waals surface area contributed by atoms with E-state index in [1.165, 1.54) is 0 Å². The molecule has 0 aliphatic carbocycles. The van der Waals surface area contributed by atoms with Gasteiger partial charge in [-0.05, 0) is 24.6 Å². The number of rotatable bonds is 2. The van der Waals surface area contributed by atoms with Gasteiger partial charge >= 0.3 is 5.97 Å². The van der Waals surface area contributed by atoms with E-state index in [2.05, 4.69) is 15.5 Å². The SMILES string of the molecule is COc1cc([C@H]2C3=C(COC3=O)Nc3n[nH]c(C)c32)cc2c1OCO2. The fourth-order valence-corrected chi connectivity index (χ4v) is 3.64. The molecule has 5 rings (SSSR count). The molecular formula is C17H15N3O5. The number of anilines is 1. The maximum atomic E-state index is 12.4. The lowest BCUT2D eigenvalue weighted by atomic mass is 9.82. The Morgan fingerprint density at radius 2 is 2.16 bits per heavy atom. The van der Waals surface area contributed by atoms with E-state index < -0.39 is 0 Å². The van der Waals surface area contributed by atoms with Crippen LogP contribution < -0.4 is 19.5 Å². The normalized spacial score (nSPS) is 20.1. The van der Waals surface area contributed by atoms with Crippen molar-refractivity contribution in [2.75, 3.05) is 25.8 Å². The molecule has 0 saturated carbocycles. The molecule has 0 spiro atoms. The predicted molar refractivity (Wildman–Crippen MR) is 85.9 cm³/mol. The van der Waals surface area contributed by atoms with Crippen molar-refractivity contribution in [1.29, 1.82) is 0 Å². The largest absolute Gasteiger partial charge is 0.493 e. The summed E-state index contributed by atoms with van der Waals surface area (Å²) < 4.78 is 21.7. The fraction of sp³-hybridized carbons (Fsp3) is 0.294. The third-order valence-corrected chi connectivity index (χ3v) is 4.75. The van der Waals surface area contributed by atoms with Crippen molar-refractivity contribution in [2.24, 2.45) is 0 Å². The van der Waals surface area contributed by atoms with Gasteiger partial charge in [-0.25, -0.2) is 4.79 Å². The summed E-state index contributed by atoms with van der Waals surface area (Å²) in [4.78, 5) is 12.4. The number of ether oxygens (including phenoxy) is 4. The molecule has 0 radical (unpaired) electrons. The highest BCUT2D eigenvalue weighted by Gasteiger charge is 2.41. The summed E-state index contributed by atoms with van der Waals surface area (Å²) in [6.07, 6.45) is 0. The standard InChI is InChI=1S/C17H15N3O5/c1-7-12-13(8-3-10(22-2)15-11(4-8)24-6-25-15)14-9(5-23-17(14)21)18-16(12)20-19-7/h3-4,13H,5-6H2,1-2H3,(H2,18,19,20)/t13-/m1/s1. The minimum atomic E-state index is -0.324. The fourth-order valence-electron chi connectivity index (χ4n) is 3.64. The molecule has 0 bridgehead atoms. The summed E-state index contributed by atoms with van der Waals surface area (Å²) in [5.41, 5.74) is 4.00. The Kier molecular flexibility index (Phi) is 2.79. The second-order valence-electron chi connectivity index (χ2n) is 6.09. The van der Waals surface area contributed by atoms with Gasteiger partial charge in [0.05, 0.1) is 18.4 Å². The number of nitrogens with zero attached hydrogens (tertiary/aromatic N) is 1. The molecule has 2 aromatic rings. The van der Waals surface area contributed by atoms with Crippen LogP contribution in [0, 0.1) is 6.92 Å². The quantitative estimate of drug-likeness (QED) is 0.805. The lowest BCUT2D eigenvalue weighted by Gasteiger charge is -2.24. The van der Waals surface area contributed by atoms with Crippen LogP contribution in [-0.4, -0.2) is 36.7 Å². The summed E-state index contributed by atoms with van der Waals surface area (Å²) in [5.74, 6) is 1.81. The molecule has 3 aliphatic heterocycles. The number of hydrogen-bond acceptors (Lipinski definition) is 7. The second kappa shape index (κ2) is 4.92. The topological polar surface area (TPSA) is 94.7 Å². The van der Waals surface area contributed by atoms with Crippen LogP contribution in [0.15, 0.2) is 23.4 Å². The van der Waals surface area contributed by atoms with Gasteiger partial charge in [-0.3, -0.25) is 5.10 Å². The highest BCUT2D eigenvalue weighted by Crippen LogP contribution is 2.49. The van der Waals surface area contributed by atoms with Crippen molar-refractivity contribution >= 4 is 11.8 Å². The van der Waals surface area contributed by atoms with Gasteiger partial charge in [0.1, 0.15) is 6.61 Å². The van der Waals surface area contributed by atoms with Crippen LogP contribution in [0.5, 0.6) is 17.2 Å². The Labute approximate surface area is 142 Å². The Morgan fingerprint density at radius 3 is 3.00 bits per heavy atom. The molecule has 1 aromatic carbocycles. The summed E-state index contributed by atoms with van der Waals surface area (Å²) in [5, 5.41) is 10.5. The van der Waals surface area contributed by atoms with E-state index in [0.29, 0.717) is 28.6 Å².